The Morgan fingerprint density at radius 1 is 1.12 bits per heavy atom. The molecule has 4 aromatic rings. The Labute approximate surface area is 194 Å². The van der Waals surface area contributed by atoms with Crippen molar-refractivity contribution in [1.82, 2.24) is 20.1 Å². The number of nitriles is 1. The second kappa shape index (κ2) is 9.10. The molecule has 2 aromatic carbocycles. The first-order chi connectivity index (χ1) is 15.9. The highest BCUT2D eigenvalue weighted by atomic mass is 35.5. The third kappa shape index (κ3) is 4.54. The number of aromatic nitrogens is 3. The lowest BCUT2D eigenvalue weighted by Crippen LogP contribution is -2.33. The number of halogens is 1. The van der Waals surface area contributed by atoms with Crippen molar-refractivity contribution in [2.24, 2.45) is 0 Å². The number of rotatable bonds is 5. The minimum Gasteiger partial charge on any atom is -0.343 e. The average Bonchev–Trinajstić information content (AvgIpc) is 3.21. The van der Waals surface area contributed by atoms with Crippen LogP contribution < -0.4 is 10.6 Å². The van der Waals surface area contributed by atoms with E-state index in [4.69, 9.17) is 16.6 Å². The molecule has 0 fully saturated rings. The number of anilines is 1. The maximum Gasteiger partial charge on any atom is 0.251 e. The standard InChI is InChI=1S/C24H19ClN6O2/c1-14-4-3-5-19-15(2)10-20(29-22(14)19)31-23(17(11-26)12-28-31)30-21(32)13-27-24(33)16-6-8-18(25)9-7-16/h3-10,12H,13H2,1-2H3,(H,27,33)(H,30,32). The summed E-state index contributed by atoms with van der Waals surface area (Å²) < 4.78 is 1.41. The van der Waals surface area contributed by atoms with Crippen molar-refractivity contribution in [2.45, 2.75) is 13.8 Å². The Kier molecular flexibility index (Phi) is 6.07. The van der Waals surface area contributed by atoms with Crippen LogP contribution in [0, 0.1) is 25.2 Å². The molecule has 33 heavy (non-hydrogen) atoms. The number of fused-ring (bicyclic) bond motifs is 1. The predicted octanol–water partition coefficient (Wildman–Crippen LogP) is 3.93. The van der Waals surface area contributed by atoms with E-state index in [0.717, 1.165) is 22.0 Å². The van der Waals surface area contributed by atoms with Gasteiger partial charge < -0.3 is 10.6 Å². The first-order valence-electron chi connectivity index (χ1n) is 10.1. The van der Waals surface area contributed by atoms with Crippen molar-refractivity contribution in [3.63, 3.8) is 0 Å². The molecular formula is C24H19ClN6O2. The van der Waals surface area contributed by atoms with Crippen LogP contribution in [0.15, 0.2) is 54.7 Å². The molecule has 0 bridgehead atoms. The Bertz CT molecular complexity index is 1420. The fourth-order valence-corrected chi connectivity index (χ4v) is 3.54. The van der Waals surface area contributed by atoms with E-state index in [1.165, 1.54) is 10.9 Å². The zero-order valence-electron chi connectivity index (χ0n) is 17.9. The van der Waals surface area contributed by atoms with Crippen LogP contribution in [0.3, 0.4) is 0 Å². The van der Waals surface area contributed by atoms with Crippen LogP contribution in [0.5, 0.6) is 0 Å². The summed E-state index contributed by atoms with van der Waals surface area (Å²) in [6, 6.07) is 16.1. The summed E-state index contributed by atoms with van der Waals surface area (Å²) in [7, 11) is 0. The molecule has 8 nitrogen and oxygen atoms in total. The summed E-state index contributed by atoms with van der Waals surface area (Å²) in [4.78, 5) is 29.5. The summed E-state index contributed by atoms with van der Waals surface area (Å²) in [5.74, 6) is -0.276. The van der Waals surface area contributed by atoms with Gasteiger partial charge in [-0.3, -0.25) is 9.59 Å². The minimum atomic E-state index is -0.510. The molecule has 0 radical (unpaired) electrons. The first-order valence-corrected chi connectivity index (χ1v) is 10.4. The molecule has 2 amide bonds. The number of hydrogen-bond donors (Lipinski definition) is 2. The van der Waals surface area contributed by atoms with Crippen molar-refractivity contribution in [2.75, 3.05) is 11.9 Å². The van der Waals surface area contributed by atoms with Crippen molar-refractivity contribution in [3.05, 3.63) is 82.0 Å². The monoisotopic (exact) mass is 458 g/mol. The van der Waals surface area contributed by atoms with Crippen molar-refractivity contribution in [3.8, 4) is 11.9 Å². The molecule has 0 saturated carbocycles. The van der Waals surface area contributed by atoms with Crippen molar-refractivity contribution in [1.29, 1.82) is 5.26 Å². The second-order valence-electron chi connectivity index (χ2n) is 7.44. The predicted molar refractivity (Wildman–Crippen MR) is 125 cm³/mol. The second-order valence-corrected chi connectivity index (χ2v) is 7.87. The van der Waals surface area contributed by atoms with E-state index in [1.54, 1.807) is 24.3 Å². The van der Waals surface area contributed by atoms with Gasteiger partial charge in [-0.25, -0.2) is 4.98 Å². The van der Waals surface area contributed by atoms with Crippen LogP contribution >= 0.6 is 11.6 Å². The smallest absolute Gasteiger partial charge is 0.251 e. The van der Waals surface area contributed by atoms with Gasteiger partial charge in [-0.2, -0.15) is 15.0 Å². The van der Waals surface area contributed by atoms with Crippen LogP contribution in [0.1, 0.15) is 27.0 Å². The van der Waals surface area contributed by atoms with E-state index < -0.39 is 11.8 Å². The fraction of sp³-hybridized carbons (Fsp3) is 0.125. The van der Waals surface area contributed by atoms with Crippen LogP contribution in [0.25, 0.3) is 16.7 Å². The lowest BCUT2D eigenvalue weighted by molar-refractivity contribution is -0.115. The number of amides is 2. The maximum absolute atomic E-state index is 12.6. The van der Waals surface area contributed by atoms with E-state index in [9.17, 15) is 14.9 Å². The number of hydrogen-bond acceptors (Lipinski definition) is 5. The van der Waals surface area contributed by atoms with E-state index in [2.05, 4.69) is 15.7 Å². The molecule has 2 aromatic heterocycles. The lowest BCUT2D eigenvalue weighted by atomic mass is 10.1. The third-order valence-corrected chi connectivity index (χ3v) is 5.37. The molecule has 0 unspecified atom stereocenters. The summed E-state index contributed by atoms with van der Waals surface area (Å²) in [5, 5.41) is 20.5. The number of benzene rings is 2. The summed E-state index contributed by atoms with van der Waals surface area (Å²) in [6.07, 6.45) is 1.36. The van der Waals surface area contributed by atoms with Gasteiger partial charge in [0.2, 0.25) is 5.91 Å². The number of nitrogens with one attached hydrogen (secondary N) is 2. The topological polar surface area (TPSA) is 113 Å². The molecule has 0 spiro atoms. The summed E-state index contributed by atoms with van der Waals surface area (Å²) in [5.41, 5.74) is 3.35. The van der Waals surface area contributed by atoms with Gasteiger partial charge in [0.1, 0.15) is 11.6 Å². The number of nitrogens with zero attached hydrogens (tertiary/aromatic N) is 4. The molecule has 9 heteroatoms. The van der Waals surface area contributed by atoms with E-state index >= 15 is 0 Å². The number of aryl methyl sites for hydroxylation is 2. The van der Waals surface area contributed by atoms with E-state index in [0.29, 0.717) is 16.4 Å². The largest absolute Gasteiger partial charge is 0.343 e. The first kappa shape index (κ1) is 22.0. The highest BCUT2D eigenvalue weighted by molar-refractivity contribution is 6.30. The zero-order valence-corrected chi connectivity index (χ0v) is 18.6. The number of para-hydroxylation sites is 1. The quantitative estimate of drug-likeness (QED) is 0.470. The van der Waals surface area contributed by atoms with Crippen LogP contribution in [-0.4, -0.2) is 33.1 Å². The molecular weight excluding hydrogens is 440 g/mol. The summed E-state index contributed by atoms with van der Waals surface area (Å²) >= 11 is 5.83. The highest BCUT2D eigenvalue weighted by Crippen LogP contribution is 2.25. The number of carbonyl (C=O) groups is 2. The Balaban J connectivity index is 1.58. The van der Waals surface area contributed by atoms with Gasteiger partial charge in [0.25, 0.3) is 5.91 Å². The SMILES string of the molecule is Cc1cc(-n2ncc(C#N)c2NC(=O)CNC(=O)c2ccc(Cl)cc2)nc2c(C)cccc12. The molecule has 2 N–H and O–H groups in total. The lowest BCUT2D eigenvalue weighted by Gasteiger charge is -2.12. The van der Waals surface area contributed by atoms with Crippen LogP contribution in [-0.2, 0) is 4.79 Å². The van der Waals surface area contributed by atoms with E-state index in [-0.39, 0.29) is 17.9 Å². The van der Waals surface area contributed by atoms with Crippen molar-refractivity contribution < 1.29 is 9.59 Å². The Hall–Kier alpha value is -4.22. The Morgan fingerprint density at radius 2 is 1.88 bits per heavy atom. The molecule has 4 rings (SSSR count). The molecule has 0 aliphatic carbocycles. The molecule has 0 saturated heterocycles. The molecule has 164 valence electrons. The van der Waals surface area contributed by atoms with Gasteiger partial charge in [-0.1, -0.05) is 29.8 Å². The third-order valence-electron chi connectivity index (χ3n) is 5.11. The fourth-order valence-electron chi connectivity index (χ4n) is 3.42. The van der Waals surface area contributed by atoms with Gasteiger partial charge in [-0.05, 0) is 55.3 Å². The number of pyridine rings is 1. The minimum absolute atomic E-state index is 0.178. The van der Waals surface area contributed by atoms with Gasteiger partial charge in [0.05, 0.1) is 18.3 Å². The summed E-state index contributed by atoms with van der Waals surface area (Å²) in [6.45, 7) is 3.64. The average molecular weight is 459 g/mol. The molecule has 0 aliphatic rings. The van der Waals surface area contributed by atoms with Gasteiger partial charge >= 0.3 is 0 Å². The molecule has 0 atom stereocenters. The van der Waals surface area contributed by atoms with Crippen molar-refractivity contribution >= 4 is 40.1 Å². The van der Waals surface area contributed by atoms with E-state index in [1.807, 2.05) is 44.2 Å². The van der Waals surface area contributed by atoms with Crippen LogP contribution in [0.4, 0.5) is 5.82 Å². The highest BCUT2D eigenvalue weighted by Gasteiger charge is 2.18. The Morgan fingerprint density at radius 3 is 2.61 bits per heavy atom. The maximum atomic E-state index is 12.6. The van der Waals surface area contributed by atoms with Gasteiger partial charge in [0.15, 0.2) is 11.6 Å². The van der Waals surface area contributed by atoms with Crippen LogP contribution in [0.2, 0.25) is 5.02 Å². The van der Waals surface area contributed by atoms with Gasteiger partial charge in [0, 0.05) is 16.0 Å². The normalized spacial score (nSPS) is 10.6. The van der Waals surface area contributed by atoms with Gasteiger partial charge in [-0.15, -0.1) is 0 Å². The zero-order chi connectivity index (χ0) is 23.5. The number of carbonyl (C=O) groups excluding carboxylic acids is 2. The molecule has 2 heterocycles. The molecule has 0 aliphatic heterocycles.